The largest absolute Gasteiger partial charge is 0.389 e. The van der Waals surface area contributed by atoms with Crippen molar-refractivity contribution < 1.29 is 14.6 Å². The molecule has 150 valence electrons. The van der Waals surface area contributed by atoms with Crippen LogP contribution in [0, 0.1) is 18.3 Å². The summed E-state index contributed by atoms with van der Waals surface area (Å²) >= 11 is 0. The average molecular weight is 396 g/mol. The predicted molar refractivity (Wildman–Crippen MR) is 103 cm³/mol. The van der Waals surface area contributed by atoms with Crippen molar-refractivity contribution in [1.29, 1.82) is 5.26 Å². The lowest BCUT2D eigenvalue weighted by atomic mass is 10.0. The molecule has 1 aliphatic rings. The fraction of sp³-hybridized carbons (Fsp3) is 0.722. The van der Waals surface area contributed by atoms with Gasteiger partial charge in [-0.15, -0.1) is 0 Å². The number of hydrogen-bond donors (Lipinski definition) is 2. The number of nitrogens with zero attached hydrogens (tertiary/aromatic N) is 2. The van der Waals surface area contributed by atoms with Crippen LogP contribution in [0.2, 0.25) is 13.1 Å². The van der Waals surface area contributed by atoms with E-state index in [1.54, 1.807) is 6.92 Å². The third-order valence-electron chi connectivity index (χ3n) is 4.81. The number of rotatable bonds is 5. The Morgan fingerprint density at radius 1 is 1.52 bits per heavy atom. The molecule has 0 amide bonds. The minimum atomic E-state index is -1.71. The van der Waals surface area contributed by atoms with Gasteiger partial charge in [0, 0.05) is 18.2 Å². The minimum Gasteiger partial charge on any atom is -0.389 e. The molecule has 2 heterocycles. The number of aliphatic hydroxyl groups is 1. The Morgan fingerprint density at radius 2 is 2.15 bits per heavy atom. The van der Waals surface area contributed by atoms with Crippen molar-refractivity contribution in [3.05, 3.63) is 32.6 Å². The molecule has 27 heavy (non-hydrogen) atoms. The van der Waals surface area contributed by atoms with Crippen LogP contribution < -0.4 is 11.2 Å². The van der Waals surface area contributed by atoms with E-state index in [9.17, 15) is 14.7 Å². The van der Waals surface area contributed by atoms with Gasteiger partial charge < -0.3 is 14.6 Å². The van der Waals surface area contributed by atoms with Crippen molar-refractivity contribution in [2.24, 2.45) is 0 Å². The highest BCUT2D eigenvalue weighted by atomic mass is 28.3. The number of nitriles is 1. The quantitative estimate of drug-likeness (QED) is 0.711. The molecular weight excluding hydrogens is 366 g/mol. The Bertz CT molecular complexity index is 835. The number of aromatic amines is 1. The van der Waals surface area contributed by atoms with E-state index in [0.717, 1.165) is 0 Å². The van der Waals surface area contributed by atoms with E-state index in [0.29, 0.717) is 12.0 Å². The second-order valence-corrected chi connectivity index (χ2v) is 11.6. The van der Waals surface area contributed by atoms with Crippen LogP contribution in [0.15, 0.2) is 15.8 Å². The van der Waals surface area contributed by atoms with Gasteiger partial charge >= 0.3 is 5.69 Å². The van der Waals surface area contributed by atoms with Crippen molar-refractivity contribution >= 4 is 8.80 Å². The second-order valence-electron chi connectivity index (χ2n) is 8.43. The topological polar surface area (TPSA) is 117 Å². The van der Waals surface area contributed by atoms with Crippen molar-refractivity contribution in [2.45, 2.75) is 82.9 Å². The normalized spacial score (nSPS) is 26.9. The maximum atomic E-state index is 12.6. The van der Waals surface area contributed by atoms with E-state index in [-0.39, 0.29) is 6.42 Å². The Hall–Kier alpha value is -1.73. The Morgan fingerprint density at radius 3 is 2.67 bits per heavy atom. The monoisotopic (exact) mass is 395 g/mol. The zero-order chi connectivity index (χ0) is 20.6. The number of aryl methyl sites for hydroxylation is 1. The first kappa shape index (κ1) is 21.6. The Kier molecular flexibility index (Phi) is 6.16. The zero-order valence-electron chi connectivity index (χ0n) is 16.8. The molecule has 1 aromatic rings. The van der Waals surface area contributed by atoms with Gasteiger partial charge in [-0.2, -0.15) is 5.26 Å². The van der Waals surface area contributed by atoms with Gasteiger partial charge in [-0.1, -0.05) is 13.1 Å². The molecule has 8 nitrogen and oxygen atoms in total. The molecule has 1 fully saturated rings. The van der Waals surface area contributed by atoms with E-state index in [1.807, 2.05) is 39.9 Å². The van der Waals surface area contributed by atoms with Crippen LogP contribution in [-0.2, 0) is 14.8 Å². The SMILES string of the molecule is Cc1cn([C@@]2([SiH](C)C)C[C@H](OC(C)(C)C)[C@@H]([C@@H](O)CC#N)O2)c(=O)[nH]c1=O. The minimum absolute atomic E-state index is 0.0933. The van der Waals surface area contributed by atoms with Gasteiger partial charge in [0.2, 0.25) is 0 Å². The summed E-state index contributed by atoms with van der Waals surface area (Å²) in [5.74, 6) is 0. The summed E-state index contributed by atoms with van der Waals surface area (Å²) < 4.78 is 13.9. The molecule has 1 aliphatic heterocycles. The van der Waals surface area contributed by atoms with Crippen LogP contribution in [-0.4, -0.2) is 47.4 Å². The summed E-state index contributed by atoms with van der Waals surface area (Å²) in [5.41, 5.74) is -1.06. The summed E-state index contributed by atoms with van der Waals surface area (Å²) in [6.45, 7) is 11.4. The number of aliphatic hydroxyl groups excluding tert-OH is 1. The van der Waals surface area contributed by atoms with Gasteiger partial charge in [-0.05, 0) is 27.7 Å². The highest BCUT2D eigenvalue weighted by molar-refractivity contribution is 6.58. The maximum absolute atomic E-state index is 12.6. The van der Waals surface area contributed by atoms with Gasteiger partial charge in [0.15, 0.2) is 0 Å². The molecule has 0 spiro atoms. The predicted octanol–water partition coefficient (Wildman–Crippen LogP) is 0.771. The van der Waals surface area contributed by atoms with E-state index in [2.05, 4.69) is 4.98 Å². The summed E-state index contributed by atoms with van der Waals surface area (Å²) in [4.78, 5) is 26.7. The van der Waals surface area contributed by atoms with E-state index >= 15 is 0 Å². The van der Waals surface area contributed by atoms with Crippen LogP contribution in [0.1, 0.15) is 39.2 Å². The zero-order valence-corrected chi connectivity index (χ0v) is 17.9. The summed E-state index contributed by atoms with van der Waals surface area (Å²) in [6.07, 6.45) is -0.463. The number of nitrogens with one attached hydrogen (secondary N) is 1. The lowest BCUT2D eigenvalue weighted by Gasteiger charge is -2.35. The van der Waals surface area contributed by atoms with Crippen molar-refractivity contribution in [3.8, 4) is 6.07 Å². The highest BCUT2D eigenvalue weighted by Crippen LogP contribution is 2.41. The van der Waals surface area contributed by atoms with Crippen LogP contribution >= 0.6 is 0 Å². The van der Waals surface area contributed by atoms with Gasteiger partial charge in [-0.25, -0.2) is 4.79 Å². The molecule has 0 saturated carbocycles. The number of ether oxygens (including phenoxy) is 2. The first-order chi connectivity index (χ1) is 12.4. The van der Waals surface area contributed by atoms with E-state index in [1.165, 1.54) is 10.8 Å². The van der Waals surface area contributed by atoms with Crippen LogP contribution in [0.3, 0.4) is 0 Å². The molecule has 4 atom stereocenters. The number of hydrogen-bond acceptors (Lipinski definition) is 6. The van der Waals surface area contributed by atoms with Crippen LogP contribution in [0.5, 0.6) is 0 Å². The molecule has 2 N–H and O–H groups in total. The van der Waals surface area contributed by atoms with Gasteiger partial charge in [-0.3, -0.25) is 14.3 Å². The Labute approximate surface area is 160 Å². The lowest BCUT2D eigenvalue weighted by Crippen LogP contribution is -2.52. The molecule has 0 unspecified atom stereocenters. The third kappa shape index (κ3) is 4.40. The molecule has 1 saturated heterocycles. The third-order valence-corrected chi connectivity index (χ3v) is 7.27. The average Bonchev–Trinajstić information content (AvgIpc) is 2.89. The molecule has 0 aromatic carbocycles. The van der Waals surface area contributed by atoms with Crippen molar-refractivity contribution in [1.82, 2.24) is 9.55 Å². The number of H-pyrrole nitrogens is 1. The van der Waals surface area contributed by atoms with E-state index < -0.39 is 49.3 Å². The molecule has 0 radical (unpaired) electrons. The molecular formula is C18H29N3O5Si. The number of aromatic nitrogens is 2. The van der Waals surface area contributed by atoms with E-state index in [4.69, 9.17) is 14.7 Å². The van der Waals surface area contributed by atoms with Gasteiger partial charge in [0.1, 0.15) is 11.5 Å². The smallest absolute Gasteiger partial charge is 0.330 e. The fourth-order valence-electron chi connectivity index (χ4n) is 3.52. The lowest BCUT2D eigenvalue weighted by molar-refractivity contribution is -0.135. The first-order valence-corrected chi connectivity index (χ1v) is 12.0. The maximum Gasteiger partial charge on any atom is 0.330 e. The molecule has 1 aromatic heterocycles. The summed E-state index contributed by atoms with van der Waals surface area (Å²) in [7, 11) is -1.71. The van der Waals surface area contributed by atoms with Crippen molar-refractivity contribution in [2.75, 3.05) is 0 Å². The molecule has 0 bridgehead atoms. The molecule has 0 aliphatic carbocycles. The first-order valence-electron chi connectivity index (χ1n) is 9.15. The van der Waals surface area contributed by atoms with Gasteiger partial charge in [0.25, 0.3) is 5.56 Å². The Balaban J connectivity index is 2.57. The summed E-state index contributed by atoms with van der Waals surface area (Å²) in [6, 6.07) is 1.96. The fourth-order valence-corrected chi connectivity index (χ4v) is 5.40. The van der Waals surface area contributed by atoms with Crippen molar-refractivity contribution in [3.63, 3.8) is 0 Å². The van der Waals surface area contributed by atoms with Gasteiger partial charge in [0.05, 0.1) is 39.1 Å². The molecule has 9 heteroatoms. The van der Waals surface area contributed by atoms with Crippen LogP contribution in [0.25, 0.3) is 0 Å². The summed E-state index contributed by atoms with van der Waals surface area (Å²) in [5, 5.41) is 18.5. The standard InChI is InChI=1S/C18H29N3O5Si/c1-11-10-21(16(24)20-15(11)23)18(27(5)6)9-13(25-17(2,3)4)14(26-18)12(22)7-8-19/h10,12-14,22,27H,7,9H2,1-6H3,(H,20,23,24)/t12-,13-,14+,18-/m0/s1. The van der Waals surface area contributed by atoms with Crippen LogP contribution in [0.4, 0.5) is 0 Å². The molecule has 2 rings (SSSR count). The highest BCUT2D eigenvalue weighted by Gasteiger charge is 2.54. The second kappa shape index (κ2) is 7.71.